The van der Waals surface area contributed by atoms with E-state index in [0.29, 0.717) is 16.6 Å². The first kappa shape index (κ1) is 15.4. The van der Waals surface area contributed by atoms with Crippen molar-refractivity contribution in [3.63, 3.8) is 0 Å². The SMILES string of the molecule is O=C(NCCCn1ccnc1)[C@H]1C[C@@H]1c1cccc(Cl)c1Cl. The van der Waals surface area contributed by atoms with Gasteiger partial charge in [-0.3, -0.25) is 4.79 Å². The molecule has 1 amide bonds. The molecule has 1 heterocycles. The van der Waals surface area contributed by atoms with E-state index in [2.05, 4.69) is 10.3 Å². The van der Waals surface area contributed by atoms with Crippen LogP contribution in [0.25, 0.3) is 0 Å². The number of nitrogens with one attached hydrogen (secondary N) is 1. The fourth-order valence-electron chi connectivity index (χ4n) is 2.66. The standard InChI is InChI=1S/C16H17Cl2N3O/c17-14-4-1-3-11(15(14)18)12-9-13(12)16(22)20-5-2-7-21-8-6-19-10-21/h1,3-4,6,8,10,12-13H,2,5,7,9H2,(H,20,22)/t12-,13+/m1/s1. The lowest BCUT2D eigenvalue weighted by Crippen LogP contribution is -2.27. The van der Waals surface area contributed by atoms with Crippen LogP contribution < -0.4 is 5.32 Å². The number of aryl methyl sites for hydroxylation is 1. The topological polar surface area (TPSA) is 46.9 Å². The fourth-order valence-corrected chi connectivity index (χ4v) is 3.11. The maximum absolute atomic E-state index is 12.1. The van der Waals surface area contributed by atoms with Crippen LogP contribution in [0.2, 0.25) is 10.0 Å². The number of benzene rings is 1. The van der Waals surface area contributed by atoms with E-state index in [1.54, 1.807) is 18.6 Å². The zero-order valence-corrected chi connectivity index (χ0v) is 13.5. The molecule has 1 aliphatic rings. The number of carbonyl (C=O) groups is 1. The lowest BCUT2D eigenvalue weighted by atomic mass is 10.1. The summed E-state index contributed by atoms with van der Waals surface area (Å²) in [5.41, 5.74) is 0.979. The molecule has 0 spiro atoms. The summed E-state index contributed by atoms with van der Waals surface area (Å²) in [6.07, 6.45) is 7.17. The highest BCUT2D eigenvalue weighted by molar-refractivity contribution is 6.42. The molecule has 3 rings (SSSR count). The maximum atomic E-state index is 12.1. The van der Waals surface area contributed by atoms with Gasteiger partial charge >= 0.3 is 0 Å². The molecule has 22 heavy (non-hydrogen) atoms. The third kappa shape index (κ3) is 3.45. The summed E-state index contributed by atoms with van der Waals surface area (Å²) in [4.78, 5) is 16.1. The monoisotopic (exact) mass is 337 g/mol. The van der Waals surface area contributed by atoms with E-state index in [-0.39, 0.29) is 17.7 Å². The van der Waals surface area contributed by atoms with E-state index in [4.69, 9.17) is 23.2 Å². The molecule has 116 valence electrons. The third-order valence-corrected chi connectivity index (χ3v) is 4.79. The molecule has 2 atom stereocenters. The molecular formula is C16H17Cl2N3O. The summed E-state index contributed by atoms with van der Waals surface area (Å²) in [6.45, 7) is 1.53. The van der Waals surface area contributed by atoms with E-state index in [0.717, 1.165) is 24.9 Å². The summed E-state index contributed by atoms with van der Waals surface area (Å²) in [5, 5.41) is 4.11. The Morgan fingerprint density at radius 2 is 2.27 bits per heavy atom. The molecule has 0 aliphatic heterocycles. The van der Waals surface area contributed by atoms with Crippen LogP contribution in [0.1, 0.15) is 24.3 Å². The van der Waals surface area contributed by atoms with Crippen LogP contribution in [0, 0.1) is 5.92 Å². The van der Waals surface area contributed by atoms with Crippen molar-refractivity contribution in [2.45, 2.75) is 25.3 Å². The fraction of sp³-hybridized carbons (Fsp3) is 0.375. The van der Waals surface area contributed by atoms with Gasteiger partial charge in [0.15, 0.2) is 0 Å². The molecular weight excluding hydrogens is 321 g/mol. The Balaban J connectivity index is 1.45. The average Bonchev–Trinajstić information content (AvgIpc) is 3.13. The van der Waals surface area contributed by atoms with Gasteiger partial charge in [-0.2, -0.15) is 0 Å². The van der Waals surface area contributed by atoms with Crippen LogP contribution in [0.4, 0.5) is 0 Å². The normalized spacial score (nSPS) is 19.9. The van der Waals surface area contributed by atoms with Gasteiger partial charge in [-0.15, -0.1) is 0 Å². The van der Waals surface area contributed by atoms with Crippen molar-refractivity contribution in [3.8, 4) is 0 Å². The van der Waals surface area contributed by atoms with Gasteiger partial charge in [0.05, 0.1) is 16.4 Å². The van der Waals surface area contributed by atoms with Crippen molar-refractivity contribution in [1.29, 1.82) is 0 Å². The van der Waals surface area contributed by atoms with E-state index in [1.165, 1.54) is 0 Å². The summed E-state index contributed by atoms with van der Waals surface area (Å²) >= 11 is 12.2. The second-order valence-corrected chi connectivity index (χ2v) is 6.32. The van der Waals surface area contributed by atoms with Gasteiger partial charge in [0.1, 0.15) is 0 Å². The predicted octanol–water partition coefficient (Wildman–Crippen LogP) is 3.50. The van der Waals surface area contributed by atoms with Crippen molar-refractivity contribution >= 4 is 29.1 Å². The Morgan fingerprint density at radius 3 is 3.05 bits per heavy atom. The van der Waals surface area contributed by atoms with Gasteiger partial charge in [-0.05, 0) is 30.4 Å². The maximum Gasteiger partial charge on any atom is 0.223 e. The highest BCUT2D eigenvalue weighted by Crippen LogP contribution is 2.50. The number of hydrogen-bond acceptors (Lipinski definition) is 2. The largest absolute Gasteiger partial charge is 0.356 e. The predicted molar refractivity (Wildman–Crippen MR) is 87.2 cm³/mol. The second-order valence-electron chi connectivity index (χ2n) is 5.54. The number of hydrogen-bond donors (Lipinski definition) is 1. The molecule has 2 aromatic rings. The number of halogens is 2. The Kier molecular flexibility index (Phi) is 4.69. The quantitative estimate of drug-likeness (QED) is 0.820. The van der Waals surface area contributed by atoms with Crippen LogP contribution in [0.3, 0.4) is 0 Å². The molecule has 0 unspecified atom stereocenters. The number of nitrogens with zero attached hydrogens (tertiary/aromatic N) is 2. The van der Waals surface area contributed by atoms with Crippen molar-refractivity contribution in [1.82, 2.24) is 14.9 Å². The van der Waals surface area contributed by atoms with E-state index in [9.17, 15) is 4.79 Å². The van der Waals surface area contributed by atoms with Crippen LogP contribution >= 0.6 is 23.2 Å². The molecule has 0 radical (unpaired) electrons. The van der Waals surface area contributed by atoms with Gasteiger partial charge in [-0.1, -0.05) is 35.3 Å². The Morgan fingerprint density at radius 1 is 1.41 bits per heavy atom. The second kappa shape index (κ2) is 6.71. The van der Waals surface area contributed by atoms with Gasteiger partial charge < -0.3 is 9.88 Å². The summed E-state index contributed by atoms with van der Waals surface area (Å²) in [5.74, 6) is 0.315. The first-order valence-corrected chi connectivity index (χ1v) is 8.10. The number of aromatic nitrogens is 2. The first-order valence-electron chi connectivity index (χ1n) is 7.34. The summed E-state index contributed by atoms with van der Waals surface area (Å²) in [6, 6.07) is 5.59. The van der Waals surface area contributed by atoms with Gasteiger partial charge in [0.2, 0.25) is 5.91 Å². The van der Waals surface area contributed by atoms with Crippen LogP contribution in [-0.2, 0) is 11.3 Å². The summed E-state index contributed by atoms with van der Waals surface area (Å²) in [7, 11) is 0. The van der Waals surface area contributed by atoms with Crippen molar-refractivity contribution in [2.75, 3.05) is 6.54 Å². The van der Waals surface area contributed by atoms with E-state index in [1.807, 2.05) is 22.9 Å². The smallest absolute Gasteiger partial charge is 0.223 e. The zero-order chi connectivity index (χ0) is 15.5. The molecule has 1 fully saturated rings. The molecule has 1 N–H and O–H groups in total. The van der Waals surface area contributed by atoms with E-state index >= 15 is 0 Å². The molecule has 0 saturated heterocycles. The molecule has 6 heteroatoms. The molecule has 1 aliphatic carbocycles. The van der Waals surface area contributed by atoms with Crippen molar-refractivity contribution in [2.24, 2.45) is 5.92 Å². The van der Waals surface area contributed by atoms with Gasteiger partial charge in [-0.25, -0.2) is 4.98 Å². The molecule has 1 aromatic carbocycles. The van der Waals surface area contributed by atoms with Crippen LogP contribution in [0.5, 0.6) is 0 Å². The highest BCUT2D eigenvalue weighted by atomic mass is 35.5. The molecule has 1 aromatic heterocycles. The Hall–Kier alpha value is -1.52. The van der Waals surface area contributed by atoms with Crippen molar-refractivity contribution < 1.29 is 4.79 Å². The Bertz CT molecular complexity index is 657. The van der Waals surface area contributed by atoms with Gasteiger partial charge in [0.25, 0.3) is 0 Å². The van der Waals surface area contributed by atoms with Crippen molar-refractivity contribution in [3.05, 3.63) is 52.5 Å². The average molecular weight is 338 g/mol. The molecule has 4 nitrogen and oxygen atoms in total. The number of amides is 1. The minimum absolute atomic E-state index is 0.0178. The minimum atomic E-state index is 0.0178. The lowest BCUT2D eigenvalue weighted by Gasteiger charge is -2.07. The van der Waals surface area contributed by atoms with Crippen LogP contribution in [0.15, 0.2) is 36.9 Å². The summed E-state index contributed by atoms with van der Waals surface area (Å²) < 4.78 is 2.00. The van der Waals surface area contributed by atoms with E-state index < -0.39 is 0 Å². The van der Waals surface area contributed by atoms with Gasteiger partial charge in [0, 0.05) is 31.4 Å². The minimum Gasteiger partial charge on any atom is -0.356 e. The third-order valence-electron chi connectivity index (χ3n) is 3.96. The molecule has 0 bridgehead atoms. The Labute approximate surface area is 139 Å². The highest BCUT2D eigenvalue weighted by Gasteiger charge is 2.44. The molecule has 1 saturated carbocycles. The number of rotatable bonds is 6. The number of carbonyl (C=O) groups excluding carboxylic acids is 1. The lowest BCUT2D eigenvalue weighted by molar-refractivity contribution is -0.122. The zero-order valence-electron chi connectivity index (χ0n) is 12.0. The number of imidazole rings is 1. The van der Waals surface area contributed by atoms with Crippen LogP contribution in [-0.4, -0.2) is 22.0 Å². The first-order chi connectivity index (χ1) is 10.7.